The van der Waals surface area contributed by atoms with Crippen LogP contribution in [0.1, 0.15) is 18.2 Å². The maximum Gasteiger partial charge on any atom is 1.00 e. The van der Waals surface area contributed by atoms with Crippen LogP contribution in [0.15, 0.2) is 36.8 Å². The summed E-state index contributed by atoms with van der Waals surface area (Å²) < 4.78 is 44.7. The van der Waals surface area contributed by atoms with Gasteiger partial charge >= 0.3 is 99.9 Å². The number of fused-ring (bicyclic) bond motifs is 1. The van der Waals surface area contributed by atoms with Crippen LogP contribution in [0.4, 0.5) is 0 Å². The van der Waals surface area contributed by atoms with Gasteiger partial charge in [-0.1, -0.05) is 5.11 Å². The molecule has 0 aromatic carbocycles. The number of imidazole rings is 1. The van der Waals surface area contributed by atoms with Crippen LogP contribution in [0.5, 0.6) is 0 Å². The second kappa shape index (κ2) is 18.2. The van der Waals surface area contributed by atoms with Gasteiger partial charge in [0.15, 0.2) is 11.2 Å². The fourth-order valence-corrected chi connectivity index (χ4v) is 3.86. The molecule has 1 aliphatic heterocycles. The average molecular weight is 710 g/mol. The summed E-state index contributed by atoms with van der Waals surface area (Å²) in [4.78, 5) is 55.5. The van der Waals surface area contributed by atoms with Gasteiger partial charge < -0.3 is 24.6 Å². The van der Waals surface area contributed by atoms with Gasteiger partial charge in [-0.15, -0.1) is 0 Å². The molecule has 1 fully saturated rings. The summed E-state index contributed by atoms with van der Waals surface area (Å²) in [6, 6.07) is -0.542. The van der Waals surface area contributed by atoms with Gasteiger partial charge in [0.05, 0.1) is 44.3 Å². The topological polar surface area (TPSA) is 316 Å². The van der Waals surface area contributed by atoms with E-state index < -0.39 is 67.0 Å². The van der Waals surface area contributed by atoms with Crippen LogP contribution in [-0.2, 0) is 33.0 Å². The maximum absolute atomic E-state index is 12.0. The van der Waals surface area contributed by atoms with E-state index in [-0.39, 0.29) is 89.9 Å². The third-order valence-electron chi connectivity index (χ3n) is 5.88. The Kier molecular flexibility index (Phi) is 17.4. The third kappa shape index (κ3) is 11.1. The van der Waals surface area contributed by atoms with Crippen molar-refractivity contribution in [1.82, 2.24) is 28.2 Å². The van der Waals surface area contributed by atoms with E-state index >= 15 is 0 Å². The second-order valence-electron chi connectivity index (χ2n) is 8.82. The molecule has 4 N–H and O–H groups in total. The molecular formula is C20H27N9Na2O12Se. The molecule has 44 heavy (non-hydrogen) atoms. The Morgan fingerprint density at radius 1 is 1.20 bits per heavy atom. The first kappa shape index (κ1) is 42.0. The van der Waals surface area contributed by atoms with Gasteiger partial charge in [-0.2, -0.15) is 0 Å². The van der Waals surface area contributed by atoms with Crippen LogP contribution in [0.3, 0.4) is 0 Å². The summed E-state index contributed by atoms with van der Waals surface area (Å²) in [6.07, 6.45) is 0.712. The Balaban J connectivity index is 0.000000702. The largest absolute Gasteiger partial charge is 1.00 e. The zero-order chi connectivity index (χ0) is 31.9. The van der Waals surface area contributed by atoms with E-state index in [4.69, 9.17) is 36.5 Å². The number of ether oxygens (including phenoxy) is 1. The van der Waals surface area contributed by atoms with Crippen molar-refractivity contribution >= 4 is 24.5 Å². The van der Waals surface area contributed by atoms with Crippen molar-refractivity contribution in [3.63, 3.8) is 0 Å². The minimum atomic E-state index is -5.75. The molecule has 1 unspecified atom stereocenters. The molecular weight excluding hydrogens is 683 g/mol. The summed E-state index contributed by atoms with van der Waals surface area (Å²) in [7, 11) is 2.90. The molecule has 0 amide bonds. The van der Waals surface area contributed by atoms with E-state index in [1.54, 1.807) is 6.92 Å². The van der Waals surface area contributed by atoms with Gasteiger partial charge in [-0.05, 0) is 12.5 Å². The monoisotopic (exact) mass is 711 g/mol. The van der Waals surface area contributed by atoms with Crippen LogP contribution < -0.4 is 90.0 Å². The van der Waals surface area contributed by atoms with E-state index in [0.29, 0.717) is 5.56 Å². The van der Waals surface area contributed by atoms with Crippen molar-refractivity contribution in [3.8, 4) is 0 Å². The first-order chi connectivity index (χ1) is 19.5. The number of H-pyrrole nitrogens is 1. The molecule has 0 saturated carbocycles. The number of aliphatic hydroxyl groups excluding tert-OH is 3. The number of nitrogens with one attached hydrogen (secondary N) is 1. The molecule has 0 spiro atoms. The van der Waals surface area contributed by atoms with E-state index in [2.05, 4.69) is 20.0 Å². The number of hydrogen-bond donors (Lipinski definition) is 4. The first-order valence-corrected chi connectivity index (χ1v) is 14.5. The fraction of sp³-hybridized carbons (Fsp3) is 0.550. The molecule has 4 atom stereocenters. The first-order valence-electron chi connectivity index (χ1n) is 11.7. The van der Waals surface area contributed by atoms with E-state index in [9.17, 15) is 24.3 Å². The molecule has 4 rings (SSSR count). The minimum absolute atomic E-state index is 0. The number of rotatable bonds is 6. The Bertz CT molecular complexity index is 1800. The standard InChI is InChI=1S/C10H13N5O4.C10H14N4O4.2Na.H2O4Se/c1-5-3-15(10(18)12-9(5)17)8-2-6(13-14-11)7(4-16)19-8;1-12-8-7(9(17)13(2)10(12)18)14(5-11-8)3-6(16)4-15;;;1-5(2,3)4/h3,6-8,16H,2,4H2,1H3,(H,12,17,18);5-6,15-16H,3-4H2,1-2H3;;;(H2,1,2,3,4)/q;;2*+1;/p-2/t6-,7+,8+;;;;/m0..../s1. The van der Waals surface area contributed by atoms with E-state index in [1.807, 2.05) is 0 Å². The molecule has 3 aromatic rings. The molecule has 21 nitrogen and oxygen atoms in total. The summed E-state index contributed by atoms with van der Waals surface area (Å²) in [5, 5.41) is 30.9. The molecule has 1 saturated heterocycles. The van der Waals surface area contributed by atoms with Gasteiger partial charge in [0.2, 0.25) is 0 Å². The maximum atomic E-state index is 12.0. The number of aliphatic hydroxyl groups is 3. The quantitative estimate of drug-likeness (QED) is 0.0800. The predicted octanol–water partition coefficient (Wildman–Crippen LogP) is -11.4. The van der Waals surface area contributed by atoms with E-state index in [0.717, 1.165) is 4.57 Å². The molecule has 0 radical (unpaired) electrons. The molecule has 24 heteroatoms. The van der Waals surface area contributed by atoms with Gasteiger partial charge in [-0.25, -0.2) is 14.6 Å². The van der Waals surface area contributed by atoms with Crippen molar-refractivity contribution in [3.05, 3.63) is 70.2 Å². The van der Waals surface area contributed by atoms with Crippen LogP contribution in [0.2, 0.25) is 0 Å². The number of aromatic amines is 1. The number of aryl methyl sites for hydroxylation is 2. The summed E-state index contributed by atoms with van der Waals surface area (Å²) in [6.45, 7) is 0.891. The average Bonchev–Trinajstić information content (AvgIpc) is 3.52. The summed E-state index contributed by atoms with van der Waals surface area (Å²) in [5.74, 6) is 0. The Morgan fingerprint density at radius 2 is 1.80 bits per heavy atom. The molecule has 1 aliphatic rings. The van der Waals surface area contributed by atoms with Crippen molar-refractivity contribution in [1.29, 1.82) is 0 Å². The second-order valence-corrected chi connectivity index (χ2v) is 10.5. The number of nitrogens with zero attached hydrogens (tertiary/aromatic N) is 8. The molecule has 232 valence electrons. The predicted molar refractivity (Wildman–Crippen MR) is 135 cm³/mol. The van der Waals surface area contributed by atoms with Crippen LogP contribution >= 0.6 is 0 Å². The third-order valence-corrected chi connectivity index (χ3v) is 5.88. The van der Waals surface area contributed by atoms with Crippen LogP contribution in [0, 0.1) is 6.92 Å². The van der Waals surface area contributed by atoms with E-state index in [1.165, 1.54) is 40.3 Å². The van der Waals surface area contributed by atoms with Gasteiger partial charge in [0.25, 0.3) is 11.1 Å². The number of hydrogen-bond acceptors (Lipinski definition) is 14. The normalized spacial score (nSPS) is 18.0. The van der Waals surface area contributed by atoms with Crippen molar-refractivity contribution in [2.45, 2.75) is 44.4 Å². The molecule has 3 aromatic heterocycles. The van der Waals surface area contributed by atoms with Gasteiger partial charge in [0.1, 0.15) is 6.23 Å². The zero-order valence-electron chi connectivity index (χ0n) is 24.3. The minimum Gasteiger partial charge on any atom is 1.00 e. The number of azide groups is 1. The van der Waals surface area contributed by atoms with Crippen LogP contribution in [0.25, 0.3) is 21.6 Å². The molecule has 4 heterocycles. The zero-order valence-corrected chi connectivity index (χ0v) is 30.0. The molecule has 0 bridgehead atoms. The Labute approximate surface area is 292 Å². The van der Waals surface area contributed by atoms with Gasteiger partial charge in [0, 0.05) is 37.2 Å². The van der Waals surface area contributed by atoms with Crippen LogP contribution in [-0.4, -0.2) is 88.4 Å². The number of aromatic nitrogens is 6. The van der Waals surface area contributed by atoms with Crippen molar-refractivity contribution < 1.29 is 95.2 Å². The van der Waals surface area contributed by atoms with Gasteiger partial charge in [-0.3, -0.25) is 28.3 Å². The van der Waals surface area contributed by atoms with Crippen molar-refractivity contribution in [2.24, 2.45) is 19.2 Å². The Morgan fingerprint density at radius 3 is 2.32 bits per heavy atom. The Hall–Kier alpha value is -1.98. The summed E-state index contributed by atoms with van der Waals surface area (Å²) >= 11 is -5.75. The molecule has 0 aliphatic carbocycles. The SMILES string of the molecule is Cc1cn([C@H]2C[C@H](N=[N+]=[N-])[C@@H](CO)O2)c(=O)[nH]c1=O.Cn1c(=O)c2c(ncn2CC(O)CO)n(C)c1=O.O=[Se](=O)([O-])[O-].[Na+].[Na+]. The summed E-state index contributed by atoms with van der Waals surface area (Å²) in [5.41, 5.74) is 7.31. The smallest absolute Gasteiger partial charge is 1.00 e. The fourth-order valence-electron chi connectivity index (χ4n) is 3.86. The van der Waals surface area contributed by atoms with Crippen molar-refractivity contribution in [2.75, 3.05) is 13.2 Å².